The molecule has 0 radical (unpaired) electrons. The SMILES string of the molecule is CCOCc1ccc(CNC(=O)Cc2csc(-c3ccc(C(F)(F)F)cc3)n2)cc1. The molecule has 158 valence electrons. The molecule has 1 N–H and O–H groups in total. The van der Waals surface area contributed by atoms with Gasteiger partial charge in [-0.1, -0.05) is 36.4 Å². The van der Waals surface area contributed by atoms with E-state index in [4.69, 9.17) is 4.74 Å². The molecule has 1 heterocycles. The van der Waals surface area contributed by atoms with Crippen molar-refractivity contribution >= 4 is 17.2 Å². The molecule has 0 atom stereocenters. The van der Waals surface area contributed by atoms with Gasteiger partial charge in [0.1, 0.15) is 5.01 Å². The number of ether oxygens (including phenoxy) is 1. The zero-order valence-corrected chi connectivity index (χ0v) is 17.1. The first kappa shape index (κ1) is 22.0. The van der Waals surface area contributed by atoms with Gasteiger partial charge in [0.05, 0.1) is 24.3 Å². The Morgan fingerprint density at radius 2 is 1.73 bits per heavy atom. The lowest BCUT2D eigenvalue weighted by molar-refractivity contribution is -0.137. The van der Waals surface area contributed by atoms with Crippen LogP contribution >= 0.6 is 11.3 Å². The third kappa shape index (κ3) is 6.14. The molecule has 0 fully saturated rings. The van der Waals surface area contributed by atoms with Crippen LogP contribution in [0, 0.1) is 0 Å². The predicted octanol–water partition coefficient (Wildman–Crippen LogP) is 5.22. The number of nitrogens with zero attached hydrogens (tertiary/aromatic N) is 1. The fourth-order valence-corrected chi connectivity index (χ4v) is 3.55. The van der Waals surface area contributed by atoms with Crippen LogP contribution in [0.5, 0.6) is 0 Å². The molecule has 3 rings (SSSR count). The monoisotopic (exact) mass is 434 g/mol. The molecule has 1 amide bonds. The van der Waals surface area contributed by atoms with Crippen LogP contribution in [-0.2, 0) is 35.3 Å². The maximum atomic E-state index is 12.7. The highest BCUT2D eigenvalue weighted by molar-refractivity contribution is 7.13. The summed E-state index contributed by atoms with van der Waals surface area (Å²) >= 11 is 1.30. The summed E-state index contributed by atoms with van der Waals surface area (Å²) in [5.41, 5.74) is 2.53. The Labute approximate surface area is 176 Å². The molecular weight excluding hydrogens is 413 g/mol. The summed E-state index contributed by atoms with van der Waals surface area (Å²) in [4.78, 5) is 16.6. The van der Waals surface area contributed by atoms with Gasteiger partial charge in [0.15, 0.2) is 0 Å². The van der Waals surface area contributed by atoms with Gasteiger partial charge in [0.25, 0.3) is 0 Å². The number of hydrogen-bond acceptors (Lipinski definition) is 4. The lowest BCUT2D eigenvalue weighted by Gasteiger charge is -2.07. The maximum absolute atomic E-state index is 12.7. The van der Waals surface area contributed by atoms with Crippen molar-refractivity contribution in [1.29, 1.82) is 0 Å². The normalized spacial score (nSPS) is 11.5. The Bertz CT molecular complexity index is 967. The largest absolute Gasteiger partial charge is 0.416 e. The standard InChI is InChI=1S/C22H21F3N2O2S/c1-2-29-13-16-5-3-15(4-6-16)12-26-20(28)11-19-14-30-21(27-19)17-7-9-18(10-8-17)22(23,24)25/h3-10,14H,2,11-13H2,1H3,(H,26,28). The van der Waals surface area contributed by atoms with Crippen molar-refractivity contribution in [2.24, 2.45) is 0 Å². The van der Waals surface area contributed by atoms with Gasteiger partial charge >= 0.3 is 6.18 Å². The second-order valence-corrected chi connectivity index (χ2v) is 7.48. The van der Waals surface area contributed by atoms with E-state index in [2.05, 4.69) is 10.3 Å². The first-order valence-corrected chi connectivity index (χ1v) is 10.3. The van der Waals surface area contributed by atoms with E-state index in [0.29, 0.717) is 36.0 Å². The number of carbonyl (C=O) groups excluding carboxylic acids is 1. The molecule has 0 saturated heterocycles. The average molecular weight is 434 g/mol. The highest BCUT2D eigenvalue weighted by atomic mass is 32.1. The first-order chi connectivity index (χ1) is 14.3. The van der Waals surface area contributed by atoms with Gasteiger partial charge in [-0.05, 0) is 30.2 Å². The molecule has 0 aliphatic heterocycles. The molecule has 0 saturated carbocycles. The molecule has 2 aromatic carbocycles. The summed E-state index contributed by atoms with van der Waals surface area (Å²) in [6.07, 6.45) is -4.26. The smallest absolute Gasteiger partial charge is 0.377 e. The second kappa shape index (κ2) is 9.86. The summed E-state index contributed by atoms with van der Waals surface area (Å²) in [7, 11) is 0. The van der Waals surface area contributed by atoms with Crippen LogP contribution in [0.2, 0.25) is 0 Å². The number of nitrogens with one attached hydrogen (secondary N) is 1. The number of carbonyl (C=O) groups is 1. The molecule has 0 bridgehead atoms. The summed E-state index contributed by atoms with van der Waals surface area (Å²) < 4.78 is 43.4. The van der Waals surface area contributed by atoms with Crippen LogP contribution in [0.3, 0.4) is 0 Å². The molecule has 30 heavy (non-hydrogen) atoms. The molecule has 4 nitrogen and oxygen atoms in total. The Kier molecular flexibility index (Phi) is 7.23. The van der Waals surface area contributed by atoms with Gasteiger partial charge in [0, 0.05) is 24.1 Å². The molecule has 3 aromatic rings. The molecule has 8 heteroatoms. The highest BCUT2D eigenvalue weighted by Gasteiger charge is 2.30. The summed E-state index contributed by atoms with van der Waals surface area (Å²) in [5.74, 6) is -0.169. The minimum absolute atomic E-state index is 0.111. The van der Waals surface area contributed by atoms with Gasteiger partial charge in [-0.2, -0.15) is 13.2 Å². The van der Waals surface area contributed by atoms with Crippen LogP contribution in [0.25, 0.3) is 10.6 Å². The topological polar surface area (TPSA) is 51.2 Å². The third-order valence-corrected chi connectivity index (χ3v) is 5.28. The predicted molar refractivity (Wildman–Crippen MR) is 110 cm³/mol. The number of thiazole rings is 1. The van der Waals surface area contributed by atoms with E-state index in [1.54, 1.807) is 5.38 Å². The summed E-state index contributed by atoms with van der Waals surface area (Å²) in [6.45, 7) is 3.58. The zero-order valence-electron chi connectivity index (χ0n) is 16.3. The van der Waals surface area contributed by atoms with Gasteiger partial charge in [-0.25, -0.2) is 4.98 Å². The first-order valence-electron chi connectivity index (χ1n) is 9.39. The van der Waals surface area contributed by atoms with Crippen LogP contribution in [0.1, 0.15) is 29.3 Å². The fourth-order valence-electron chi connectivity index (χ4n) is 2.72. The van der Waals surface area contributed by atoms with Crippen LogP contribution in [0.15, 0.2) is 53.9 Å². The molecule has 0 spiro atoms. The van der Waals surface area contributed by atoms with Gasteiger partial charge in [0.2, 0.25) is 5.91 Å². The average Bonchev–Trinajstić information content (AvgIpc) is 3.19. The Hall–Kier alpha value is -2.71. The Balaban J connectivity index is 1.52. The van der Waals surface area contributed by atoms with E-state index in [1.807, 2.05) is 31.2 Å². The maximum Gasteiger partial charge on any atom is 0.416 e. The minimum atomic E-state index is -4.37. The van der Waals surface area contributed by atoms with Gasteiger partial charge < -0.3 is 10.1 Å². The Morgan fingerprint density at radius 3 is 2.37 bits per heavy atom. The van der Waals surface area contributed by atoms with Crippen LogP contribution < -0.4 is 5.32 Å². The number of aromatic nitrogens is 1. The Morgan fingerprint density at radius 1 is 1.07 bits per heavy atom. The van der Waals surface area contributed by atoms with Crippen molar-refractivity contribution in [3.05, 3.63) is 76.3 Å². The van der Waals surface area contributed by atoms with E-state index in [9.17, 15) is 18.0 Å². The number of benzene rings is 2. The van der Waals surface area contributed by atoms with E-state index in [0.717, 1.165) is 23.3 Å². The number of amides is 1. The molecule has 0 aliphatic rings. The van der Waals surface area contributed by atoms with Crippen molar-refractivity contribution in [1.82, 2.24) is 10.3 Å². The fraction of sp³-hybridized carbons (Fsp3) is 0.273. The molecular formula is C22H21F3N2O2S. The number of alkyl halides is 3. The number of halogens is 3. The quantitative estimate of drug-likeness (QED) is 0.529. The van der Waals surface area contributed by atoms with E-state index in [-0.39, 0.29) is 12.3 Å². The van der Waals surface area contributed by atoms with Gasteiger partial charge in [-0.3, -0.25) is 4.79 Å². The third-order valence-electron chi connectivity index (χ3n) is 4.34. The summed E-state index contributed by atoms with van der Waals surface area (Å²) in [5, 5.41) is 5.18. The molecule has 0 unspecified atom stereocenters. The number of rotatable bonds is 8. The van der Waals surface area contributed by atoms with E-state index >= 15 is 0 Å². The van der Waals surface area contributed by atoms with Crippen LogP contribution in [0.4, 0.5) is 13.2 Å². The zero-order chi connectivity index (χ0) is 21.6. The van der Waals surface area contributed by atoms with Crippen molar-refractivity contribution < 1.29 is 22.7 Å². The summed E-state index contributed by atoms with van der Waals surface area (Å²) in [6, 6.07) is 12.7. The van der Waals surface area contributed by atoms with Crippen molar-refractivity contribution in [2.75, 3.05) is 6.61 Å². The minimum Gasteiger partial charge on any atom is -0.377 e. The van der Waals surface area contributed by atoms with Crippen molar-refractivity contribution in [3.63, 3.8) is 0 Å². The molecule has 0 aliphatic carbocycles. The lowest BCUT2D eigenvalue weighted by Crippen LogP contribution is -2.24. The van der Waals surface area contributed by atoms with Crippen molar-refractivity contribution in [2.45, 2.75) is 32.7 Å². The van der Waals surface area contributed by atoms with Crippen molar-refractivity contribution in [3.8, 4) is 10.6 Å². The lowest BCUT2D eigenvalue weighted by atomic mass is 10.1. The number of hydrogen-bond donors (Lipinski definition) is 1. The van der Waals surface area contributed by atoms with E-state index in [1.165, 1.54) is 23.5 Å². The van der Waals surface area contributed by atoms with E-state index < -0.39 is 11.7 Å². The second-order valence-electron chi connectivity index (χ2n) is 6.63. The van der Waals surface area contributed by atoms with Crippen LogP contribution in [-0.4, -0.2) is 17.5 Å². The highest BCUT2D eigenvalue weighted by Crippen LogP contribution is 2.31. The van der Waals surface area contributed by atoms with Gasteiger partial charge in [-0.15, -0.1) is 11.3 Å². The molecule has 1 aromatic heterocycles.